The molecule has 8 heteroatoms. The quantitative estimate of drug-likeness (QED) is 0.678. The molecule has 1 aromatic heterocycles. The summed E-state index contributed by atoms with van der Waals surface area (Å²) in [6, 6.07) is -0.186. The summed E-state index contributed by atoms with van der Waals surface area (Å²) in [7, 11) is 0. The van der Waals surface area contributed by atoms with Gasteiger partial charge in [-0.2, -0.15) is 0 Å². The number of aromatic amines is 1. The SMILES string of the molecule is CC[C@]12CN=C(N)N[C@@H](C1C)[C@H](n1cc(C)c(=O)[nH]c1=O)O2. The molecule has 22 heavy (non-hydrogen) atoms. The molecule has 0 radical (unpaired) electrons. The molecule has 4 N–H and O–H groups in total. The minimum atomic E-state index is -0.535. The Morgan fingerprint density at radius 1 is 1.55 bits per heavy atom. The number of fused-ring (bicyclic) bond motifs is 2. The van der Waals surface area contributed by atoms with Crippen molar-refractivity contribution in [3.63, 3.8) is 0 Å². The highest BCUT2D eigenvalue weighted by atomic mass is 16.5. The zero-order valence-electron chi connectivity index (χ0n) is 12.9. The lowest BCUT2D eigenvalue weighted by Crippen LogP contribution is -2.47. The molecular weight excluding hydrogens is 286 g/mol. The second-order valence-electron chi connectivity index (χ2n) is 6.07. The van der Waals surface area contributed by atoms with E-state index in [1.807, 2.05) is 6.92 Å². The number of nitrogens with two attached hydrogens (primary N) is 1. The number of nitrogens with one attached hydrogen (secondary N) is 2. The molecule has 0 spiro atoms. The van der Waals surface area contributed by atoms with Crippen molar-refractivity contribution in [2.45, 2.75) is 45.1 Å². The zero-order chi connectivity index (χ0) is 16.1. The molecule has 8 nitrogen and oxygen atoms in total. The number of H-pyrrole nitrogens is 1. The van der Waals surface area contributed by atoms with Crippen LogP contribution in [0.25, 0.3) is 0 Å². The Bertz CT molecular complexity index is 737. The molecular formula is C14H21N5O3. The maximum Gasteiger partial charge on any atom is 0.330 e. The molecule has 120 valence electrons. The van der Waals surface area contributed by atoms with Crippen molar-refractivity contribution in [3.8, 4) is 0 Å². The molecule has 2 aliphatic heterocycles. The molecule has 2 bridgehead atoms. The van der Waals surface area contributed by atoms with Gasteiger partial charge in [0.25, 0.3) is 5.56 Å². The van der Waals surface area contributed by atoms with Crippen LogP contribution in [0.1, 0.15) is 32.1 Å². The molecule has 0 amide bonds. The Hall–Kier alpha value is -2.09. The number of hydrogen-bond donors (Lipinski definition) is 3. The summed E-state index contributed by atoms with van der Waals surface area (Å²) in [5.41, 5.74) is 5.00. The molecule has 0 saturated carbocycles. The molecule has 1 aromatic rings. The Balaban J connectivity index is 2.10. The summed E-state index contributed by atoms with van der Waals surface area (Å²) < 4.78 is 7.67. The average molecular weight is 307 g/mol. The summed E-state index contributed by atoms with van der Waals surface area (Å²) >= 11 is 0. The van der Waals surface area contributed by atoms with E-state index in [1.54, 1.807) is 6.92 Å². The van der Waals surface area contributed by atoms with E-state index in [9.17, 15) is 9.59 Å². The summed E-state index contributed by atoms with van der Waals surface area (Å²) in [6.45, 7) is 6.21. The van der Waals surface area contributed by atoms with Gasteiger partial charge in [-0.15, -0.1) is 0 Å². The van der Waals surface area contributed by atoms with E-state index in [4.69, 9.17) is 10.5 Å². The van der Waals surface area contributed by atoms with Crippen molar-refractivity contribution in [2.24, 2.45) is 16.6 Å². The standard InChI is InChI=1S/C14H21N5O3/c1-4-14-6-16-12(15)17-9(8(14)3)11(22-14)19-5-7(2)10(20)18-13(19)21/h5,8-9,11H,4,6H2,1-3H3,(H3,15,16,17)(H,18,20,21)/t8?,9-,11+,14-/m0/s1. The number of aryl methyl sites for hydroxylation is 1. The number of aromatic nitrogens is 2. The lowest BCUT2D eigenvalue weighted by atomic mass is 9.84. The van der Waals surface area contributed by atoms with Crippen molar-refractivity contribution < 1.29 is 4.74 Å². The van der Waals surface area contributed by atoms with Gasteiger partial charge >= 0.3 is 5.69 Å². The molecule has 1 saturated heterocycles. The normalized spacial score (nSPS) is 34.0. The van der Waals surface area contributed by atoms with E-state index in [-0.39, 0.29) is 17.5 Å². The first kappa shape index (κ1) is 14.8. The van der Waals surface area contributed by atoms with Crippen molar-refractivity contribution in [1.29, 1.82) is 0 Å². The van der Waals surface area contributed by atoms with E-state index in [0.717, 1.165) is 6.42 Å². The topological polar surface area (TPSA) is 114 Å². The van der Waals surface area contributed by atoms with Gasteiger partial charge in [0.2, 0.25) is 0 Å². The number of rotatable bonds is 2. The van der Waals surface area contributed by atoms with Crippen LogP contribution in [0.5, 0.6) is 0 Å². The molecule has 3 heterocycles. The van der Waals surface area contributed by atoms with Gasteiger partial charge in [0, 0.05) is 17.7 Å². The number of hydrogen-bond acceptors (Lipinski definition) is 6. The van der Waals surface area contributed by atoms with E-state index in [0.29, 0.717) is 18.1 Å². The summed E-state index contributed by atoms with van der Waals surface area (Å²) in [5.74, 6) is 0.473. The van der Waals surface area contributed by atoms with Crippen molar-refractivity contribution in [3.05, 3.63) is 32.6 Å². The highest BCUT2D eigenvalue weighted by Gasteiger charge is 2.54. The summed E-state index contributed by atoms with van der Waals surface area (Å²) in [6.07, 6.45) is 1.76. The molecule has 1 fully saturated rings. The predicted molar refractivity (Wildman–Crippen MR) is 81.8 cm³/mol. The fraction of sp³-hybridized carbons (Fsp3) is 0.643. The summed E-state index contributed by atoms with van der Waals surface area (Å²) in [4.78, 5) is 30.3. The Morgan fingerprint density at radius 3 is 2.95 bits per heavy atom. The second-order valence-corrected chi connectivity index (χ2v) is 6.07. The van der Waals surface area contributed by atoms with E-state index in [2.05, 4.69) is 22.2 Å². The number of nitrogens with zero attached hydrogens (tertiary/aromatic N) is 2. The first-order chi connectivity index (χ1) is 10.4. The highest BCUT2D eigenvalue weighted by molar-refractivity contribution is 5.78. The van der Waals surface area contributed by atoms with Gasteiger partial charge in [-0.05, 0) is 13.3 Å². The van der Waals surface area contributed by atoms with Gasteiger partial charge in [0.1, 0.15) is 0 Å². The van der Waals surface area contributed by atoms with Gasteiger partial charge in [-0.25, -0.2) is 4.79 Å². The molecule has 0 aromatic carbocycles. The van der Waals surface area contributed by atoms with Crippen LogP contribution in [-0.4, -0.2) is 33.7 Å². The van der Waals surface area contributed by atoms with Crippen LogP contribution < -0.4 is 22.3 Å². The first-order valence-corrected chi connectivity index (χ1v) is 7.44. The molecule has 3 rings (SSSR count). The number of guanidine groups is 1. The first-order valence-electron chi connectivity index (χ1n) is 7.44. The minimum Gasteiger partial charge on any atom is -0.370 e. The number of ether oxygens (including phenoxy) is 1. The minimum absolute atomic E-state index is 0.117. The van der Waals surface area contributed by atoms with Gasteiger partial charge in [0.15, 0.2) is 12.2 Å². The zero-order valence-corrected chi connectivity index (χ0v) is 12.9. The third-order valence-corrected chi connectivity index (χ3v) is 4.88. The maximum atomic E-state index is 12.2. The third kappa shape index (κ3) is 2.06. The summed E-state index contributed by atoms with van der Waals surface area (Å²) in [5, 5.41) is 3.14. The van der Waals surface area contributed by atoms with Crippen molar-refractivity contribution >= 4 is 5.96 Å². The van der Waals surface area contributed by atoms with Crippen LogP contribution in [0.3, 0.4) is 0 Å². The van der Waals surface area contributed by atoms with Crippen LogP contribution in [0.2, 0.25) is 0 Å². The van der Waals surface area contributed by atoms with Gasteiger partial charge < -0.3 is 15.8 Å². The Morgan fingerprint density at radius 2 is 2.27 bits per heavy atom. The Kier molecular flexibility index (Phi) is 3.36. The molecule has 0 aliphatic carbocycles. The maximum absolute atomic E-state index is 12.2. The fourth-order valence-electron chi connectivity index (χ4n) is 3.33. The Labute approximate surface area is 127 Å². The van der Waals surface area contributed by atoms with Gasteiger partial charge in [-0.1, -0.05) is 13.8 Å². The van der Waals surface area contributed by atoms with Gasteiger partial charge in [-0.3, -0.25) is 19.3 Å². The largest absolute Gasteiger partial charge is 0.370 e. The fourth-order valence-corrected chi connectivity index (χ4v) is 3.33. The van der Waals surface area contributed by atoms with Gasteiger partial charge in [0.05, 0.1) is 18.2 Å². The third-order valence-electron chi connectivity index (χ3n) is 4.88. The monoisotopic (exact) mass is 307 g/mol. The van der Waals surface area contributed by atoms with Crippen molar-refractivity contribution in [2.75, 3.05) is 6.54 Å². The molecule has 4 atom stereocenters. The molecule has 1 unspecified atom stereocenters. The highest BCUT2D eigenvalue weighted by Crippen LogP contribution is 2.44. The lowest BCUT2D eigenvalue weighted by Gasteiger charge is -2.29. The van der Waals surface area contributed by atoms with E-state index >= 15 is 0 Å². The molecule has 2 aliphatic rings. The number of aliphatic imine (C=N–C) groups is 1. The van der Waals surface area contributed by atoms with Crippen LogP contribution >= 0.6 is 0 Å². The van der Waals surface area contributed by atoms with Crippen LogP contribution in [-0.2, 0) is 4.74 Å². The van der Waals surface area contributed by atoms with E-state index < -0.39 is 17.5 Å². The van der Waals surface area contributed by atoms with Crippen LogP contribution in [0, 0.1) is 12.8 Å². The lowest BCUT2D eigenvalue weighted by molar-refractivity contribution is -0.0832. The second kappa shape index (κ2) is 4.98. The smallest absolute Gasteiger partial charge is 0.330 e. The van der Waals surface area contributed by atoms with Crippen molar-refractivity contribution in [1.82, 2.24) is 14.9 Å². The van der Waals surface area contributed by atoms with E-state index in [1.165, 1.54) is 10.8 Å². The van der Waals surface area contributed by atoms with Crippen LogP contribution in [0.4, 0.5) is 0 Å². The average Bonchev–Trinajstić information content (AvgIpc) is 2.66. The predicted octanol–water partition coefficient (Wildman–Crippen LogP) is -0.555. The van der Waals surface area contributed by atoms with Crippen LogP contribution in [0.15, 0.2) is 20.8 Å².